The number of aryl methyl sites for hydroxylation is 1. The molecule has 1 N–H and O–H groups in total. The van der Waals surface area contributed by atoms with Crippen molar-refractivity contribution < 1.29 is 4.79 Å². The molecule has 2 rings (SSSR count). The predicted molar refractivity (Wildman–Crippen MR) is 90.2 cm³/mol. The number of carbonyl (C=O) groups excluding carboxylic acids is 1. The van der Waals surface area contributed by atoms with Crippen molar-refractivity contribution >= 4 is 34.7 Å². The molecule has 0 bridgehead atoms. The van der Waals surface area contributed by atoms with Crippen molar-refractivity contribution in [1.29, 1.82) is 0 Å². The number of nitrogens with one attached hydrogen (secondary N) is 1. The van der Waals surface area contributed by atoms with Crippen LogP contribution in [0.2, 0.25) is 5.02 Å². The number of amides is 2. The Kier molecular flexibility index (Phi) is 5.65. The van der Waals surface area contributed by atoms with E-state index in [1.54, 1.807) is 17.4 Å². The molecule has 2 aromatic rings. The number of benzene rings is 1. The number of nitrogens with zero attached hydrogens (tertiary/aromatic N) is 1. The van der Waals surface area contributed by atoms with E-state index < -0.39 is 0 Å². The lowest BCUT2D eigenvalue weighted by Crippen LogP contribution is -2.35. The molecule has 0 spiro atoms. The Labute approximate surface area is 134 Å². The highest BCUT2D eigenvalue weighted by Gasteiger charge is 2.14. The molecule has 0 aliphatic heterocycles. The Bertz CT molecular complexity index is 598. The van der Waals surface area contributed by atoms with Crippen LogP contribution < -0.4 is 5.32 Å². The van der Waals surface area contributed by atoms with Crippen LogP contribution in [0.15, 0.2) is 35.7 Å². The zero-order chi connectivity index (χ0) is 15.2. The van der Waals surface area contributed by atoms with Crippen LogP contribution in [0.25, 0.3) is 0 Å². The number of halogens is 1. The fourth-order valence-electron chi connectivity index (χ4n) is 2.04. The second kappa shape index (κ2) is 7.48. The zero-order valence-corrected chi connectivity index (χ0v) is 13.8. The van der Waals surface area contributed by atoms with Gasteiger partial charge >= 0.3 is 6.03 Å². The number of hydrogen-bond donors (Lipinski definition) is 1. The maximum atomic E-state index is 12.5. The van der Waals surface area contributed by atoms with Crippen LogP contribution in [0.3, 0.4) is 0 Å². The molecular formula is C16H19ClN2OS. The third-order valence-electron chi connectivity index (χ3n) is 3.15. The highest BCUT2D eigenvalue weighted by atomic mass is 35.5. The molecule has 2 amide bonds. The van der Waals surface area contributed by atoms with E-state index >= 15 is 0 Å². The molecule has 5 heteroatoms. The molecule has 0 saturated heterocycles. The molecule has 3 nitrogen and oxygen atoms in total. The summed E-state index contributed by atoms with van der Waals surface area (Å²) >= 11 is 7.66. The van der Waals surface area contributed by atoms with E-state index in [4.69, 9.17) is 11.6 Å². The Morgan fingerprint density at radius 1 is 1.38 bits per heavy atom. The average Bonchev–Trinajstić information content (AvgIpc) is 2.95. The lowest BCUT2D eigenvalue weighted by molar-refractivity contribution is 0.209. The highest BCUT2D eigenvalue weighted by molar-refractivity contribution is 7.09. The van der Waals surface area contributed by atoms with E-state index in [-0.39, 0.29) is 6.03 Å². The first kappa shape index (κ1) is 15.9. The maximum Gasteiger partial charge on any atom is 0.322 e. The molecule has 0 unspecified atom stereocenters. The molecule has 21 heavy (non-hydrogen) atoms. The van der Waals surface area contributed by atoms with E-state index in [0.29, 0.717) is 11.6 Å². The second-order valence-electron chi connectivity index (χ2n) is 4.89. The van der Waals surface area contributed by atoms with Gasteiger partial charge in [0.2, 0.25) is 0 Å². The fraction of sp³-hybridized carbons (Fsp3) is 0.312. The van der Waals surface area contributed by atoms with Gasteiger partial charge in [0.1, 0.15) is 0 Å². The van der Waals surface area contributed by atoms with Gasteiger partial charge in [-0.15, -0.1) is 11.3 Å². The topological polar surface area (TPSA) is 32.3 Å². The quantitative estimate of drug-likeness (QED) is 0.810. The Morgan fingerprint density at radius 2 is 2.19 bits per heavy atom. The first-order chi connectivity index (χ1) is 10.1. The van der Waals surface area contributed by atoms with Crippen LogP contribution in [0.1, 0.15) is 23.8 Å². The van der Waals surface area contributed by atoms with Crippen molar-refractivity contribution in [3.05, 3.63) is 51.2 Å². The summed E-state index contributed by atoms with van der Waals surface area (Å²) in [6.07, 6.45) is 0.924. The third-order valence-corrected chi connectivity index (χ3v) is 4.25. The van der Waals surface area contributed by atoms with Crippen molar-refractivity contribution in [3.8, 4) is 0 Å². The minimum absolute atomic E-state index is 0.0874. The van der Waals surface area contributed by atoms with E-state index in [1.165, 1.54) is 4.88 Å². The number of hydrogen-bond acceptors (Lipinski definition) is 2. The third kappa shape index (κ3) is 4.48. The summed E-state index contributed by atoms with van der Waals surface area (Å²) in [6.45, 7) is 5.38. The van der Waals surface area contributed by atoms with Gasteiger partial charge in [-0.3, -0.25) is 0 Å². The summed E-state index contributed by atoms with van der Waals surface area (Å²) in [5, 5.41) is 5.60. The van der Waals surface area contributed by atoms with Crippen molar-refractivity contribution in [2.75, 3.05) is 11.9 Å². The minimum atomic E-state index is -0.0874. The molecule has 1 aromatic heterocycles. The van der Waals surface area contributed by atoms with Gasteiger partial charge in [-0.25, -0.2) is 4.79 Å². The van der Waals surface area contributed by atoms with E-state index in [9.17, 15) is 4.79 Å². The lowest BCUT2D eigenvalue weighted by atomic mass is 10.2. The lowest BCUT2D eigenvalue weighted by Gasteiger charge is -2.22. The van der Waals surface area contributed by atoms with E-state index in [0.717, 1.165) is 24.2 Å². The molecule has 0 fully saturated rings. The van der Waals surface area contributed by atoms with Crippen LogP contribution in [0, 0.1) is 6.92 Å². The molecule has 1 aromatic carbocycles. The summed E-state index contributed by atoms with van der Waals surface area (Å²) in [6, 6.07) is 9.47. The zero-order valence-electron chi connectivity index (χ0n) is 12.2. The summed E-state index contributed by atoms with van der Waals surface area (Å²) in [5.41, 5.74) is 1.76. The maximum absolute atomic E-state index is 12.5. The summed E-state index contributed by atoms with van der Waals surface area (Å²) in [5.74, 6) is 0. The van der Waals surface area contributed by atoms with Crippen molar-refractivity contribution in [2.24, 2.45) is 0 Å². The summed E-state index contributed by atoms with van der Waals surface area (Å²) in [7, 11) is 0. The SMILES string of the molecule is CCCN(Cc1cccs1)C(=O)Nc1cc(Cl)ccc1C. The van der Waals surface area contributed by atoms with Gasteiger partial charge < -0.3 is 10.2 Å². The molecule has 1 heterocycles. The number of thiophene rings is 1. The van der Waals surface area contributed by atoms with E-state index in [2.05, 4.69) is 12.2 Å². The monoisotopic (exact) mass is 322 g/mol. The van der Waals surface area contributed by atoms with Gasteiger partial charge in [0.15, 0.2) is 0 Å². The van der Waals surface area contributed by atoms with Gasteiger partial charge in [0.05, 0.1) is 6.54 Å². The molecule has 0 atom stereocenters. The molecule has 0 aliphatic rings. The average molecular weight is 323 g/mol. The summed E-state index contributed by atoms with van der Waals surface area (Å²) < 4.78 is 0. The first-order valence-electron chi connectivity index (χ1n) is 6.94. The van der Waals surface area contributed by atoms with Crippen molar-refractivity contribution in [1.82, 2.24) is 4.90 Å². The van der Waals surface area contributed by atoms with Gasteiger partial charge in [-0.05, 0) is 42.5 Å². The summed E-state index contributed by atoms with van der Waals surface area (Å²) in [4.78, 5) is 15.5. The van der Waals surface area contributed by atoms with Crippen LogP contribution in [0.4, 0.5) is 10.5 Å². The van der Waals surface area contributed by atoms with Crippen LogP contribution in [-0.4, -0.2) is 17.5 Å². The number of urea groups is 1. The Morgan fingerprint density at radius 3 is 2.86 bits per heavy atom. The molecule has 0 aliphatic carbocycles. The fourth-order valence-corrected chi connectivity index (χ4v) is 2.93. The van der Waals surface area contributed by atoms with E-state index in [1.807, 2.05) is 41.5 Å². The van der Waals surface area contributed by atoms with Crippen LogP contribution in [0.5, 0.6) is 0 Å². The second-order valence-corrected chi connectivity index (χ2v) is 6.36. The number of anilines is 1. The molecular weight excluding hydrogens is 304 g/mol. The van der Waals surface area contributed by atoms with Gasteiger partial charge in [0.25, 0.3) is 0 Å². The number of carbonyl (C=O) groups is 1. The minimum Gasteiger partial charge on any atom is -0.319 e. The highest BCUT2D eigenvalue weighted by Crippen LogP contribution is 2.21. The van der Waals surface area contributed by atoms with Crippen LogP contribution >= 0.6 is 22.9 Å². The normalized spacial score (nSPS) is 10.4. The first-order valence-corrected chi connectivity index (χ1v) is 8.20. The van der Waals surface area contributed by atoms with Crippen LogP contribution in [-0.2, 0) is 6.54 Å². The predicted octanol–water partition coefficient (Wildman–Crippen LogP) is 5.15. The largest absolute Gasteiger partial charge is 0.322 e. The molecule has 0 saturated carbocycles. The standard InChI is InChI=1S/C16H19ClN2OS/c1-3-8-19(11-14-5-4-9-21-14)16(20)18-15-10-13(17)7-6-12(15)2/h4-7,9-10H,3,8,11H2,1-2H3,(H,18,20). The van der Waals surface area contributed by atoms with Crippen molar-refractivity contribution in [2.45, 2.75) is 26.8 Å². The van der Waals surface area contributed by atoms with Gasteiger partial charge in [-0.1, -0.05) is 30.7 Å². The van der Waals surface area contributed by atoms with Crippen molar-refractivity contribution in [3.63, 3.8) is 0 Å². The van der Waals surface area contributed by atoms with Gasteiger partial charge in [0, 0.05) is 22.1 Å². The number of rotatable bonds is 5. The Hall–Kier alpha value is -1.52. The van der Waals surface area contributed by atoms with Gasteiger partial charge in [-0.2, -0.15) is 0 Å². The molecule has 0 radical (unpaired) electrons. The Balaban J connectivity index is 2.09. The smallest absolute Gasteiger partial charge is 0.319 e. The molecule has 112 valence electrons.